The minimum absolute atomic E-state index is 0. The number of carbonyl (C=O) groups excluding carboxylic acids is 1. The first-order chi connectivity index (χ1) is 16.4. The predicted octanol–water partition coefficient (Wildman–Crippen LogP) is 4.25. The molecular weight excluding hydrogens is 472 g/mol. The quantitative estimate of drug-likeness (QED) is 0.340. The van der Waals surface area contributed by atoms with Crippen LogP contribution >= 0.6 is 12.4 Å². The second kappa shape index (κ2) is 11.4. The van der Waals surface area contributed by atoms with Gasteiger partial charge in [-0.3, -0.25) is 10.1 Å². The van der Waals surface area contributed by atoms with Crippen molar-refractivity contribution in [2.45, 2.75) is 6.92 Å². The van der Waals surface area contributed by atoms with Crippen molar-refractivity contribution in [2.24, 2.45) is 0 Å². The van der Waals surface area contributed by atoms with Gasteiger partial charge in [0.2, 0.25) is 0 Å². The number of aryl methyl sites for hydroxylation is 1. The molecule has 0 unspecified atom stereocenters. The van der Waals surface area contributed by atoms with E-state index in [4.69, 9.17) is 0 Å². The van der Waals surface area contributed by atoms with Crippen LogP contribution in [0.2, 0.25) is 0 Å². The summed E-state index contributed by atoms with van der Waals surface area (Å²) < 4.78 is 0. The predicted molar refractivity (Wildman–Crippen MR) is 139 cm³/mol. The maximum Gasteiger partial charge on any atom is 0.323 e. The van der Waals surface area contributed by atoms with Crippen LogP contribution in [-0.2, 0) is 0 Å². The summed E-state index contributed by atoms with van der Waals surface area (Å²) in [6.45, 7) is 5.67. The number of nitro benzene ring substituents is 1. The molecule has 1 fully saturated rings. The minimum atomic E-state index is -0.490. The van der Waals surface area contributed by atoms with E-state index in [2.05, 4.69) is 42.8 Å². The highest BCUT2D eigenvalue weighted by Crippen LogP contribution is 2.23. The van der Waals surface area contributed by atoms with Crippen LogP contribution in [-0.4, -0.2) is 59.0 Å². The van der Waals surface area contributed by atoms with E-state index < -0.39 is 11.0 Å². The number of nitrogens with one attached hydrogen (secondary N) is 3. The maximum atomic E-state index is 12.4. The molecule has 0 bridgehead atoms. The van der Waals surface area contributed by atoms with Crippen LogP contribution in [0.3, 0.4) is 0 Å². The molecule has 3 N–H and O–H groups in total. The number of carbonyl (C=O) groups is 1. The number of likely N-dealkylation sites (N-methyl/N-ethyl adjacent to an activating group) is 1. The fourth-order valence-electron chi connectivity index (χ4n) is 3.60. The zero-order valence-electron chi connectivity index (χ0n) is 19.4. The fraction of sp³-hybridized carbons (Fsp3) is 0.261. The Morgan fingerprint density at radius 3 is 2.29 bits per heavy atom. The third-order valence-corrected chi connectivity index (χ3v) is 5.38. The van der Waals surface area contributed by atoms with E-state index in [0.29, 0.717) is 23.0 Å². The molecule has 0 spiro atoms. The number of piperazine rings is 1. The van der Waals surface area contributed by atoms with E-state index in [1.807, 2.05) is 25.1 Å². The number of urea groups is 1. The van der Waals surface area contributed by atoms with Crippen molar-refractivity contribution >= 4 is 52.8 Å². The van der Waals surface area contributed by atoms with Gasteiger partial charge in [-0.2, -0.15) is 0 Å². The molecule has 2 heterocycles. The molecule has 0 atom stereocenters. The molecule has 1 aromatic heterocycles. The summed E-state index contributed by atoms with van der Waals surface area (Å²) in [5.74, 6) is 2.24. The van der Waals surface area contributed by atoms with Crippen LogP contribution in [0.1, 0.15) is 5.82 Å². The van der Waals surface area contributed by atoms with Crippen molar-refractivity contribution in [1.82, 2.24) is 14.9 Å². The normalized spacial score (nSPS) is 13.5. The molecule has 1 aliphatic rings. The number of halogens is 1. The molecule has 1 saturated heterocycles. The van der Waals surface area contributed by atoms with Crippen LogP contribution in [0.4, 0.5) is 39.2 Å². The highest BCUT2D eigenvalue weighted by Gasteiger charge is 2.16. The molecule has 4 rings (SSSR count). The van der Waals surface area contributed by atoms with Crippen molar-refractivity contribution in [3.05, 3.63) is 70.5 Å². The number of hydrogen-bond donors (Lipinski definition) is 3. The number of rotatable bonds is 6. The first-order valence-electron chi connectivity index (χ1n) is 10.8. The summed E-state index contributed by atoms with van der Waals surface area (Å²) in [6.07, 6.45) is 0. The van der Waals surface area contributed by atoms with Crippen molar-refractivity contribution in [3.63, 3.8) is 0 Å². The molecule has 0 aliphatic carbocycles. The molecule has 0 saturated carbocycles. The van der Waals surface area contributed by atoms with E-state index in [-0.39, 0.29) is 18.1 Å². The number of hydrogen-bond acceptors (Lipinski definition) is 8. The van der Waals surface area contributed by atoms with Crippen LogP contribution in [0.15, 0.2) is 54.6 Å². The lowest BCUT2D eigenvalue weighted by Crippen LogP contribution is -2.44. The van der Waals surface area contributed by atoms with Gasteiger partial charge in [0.15, 0.2) is 0 Å². The third kappa shape index (κ3) is 7.01. The van der Waals surface area contributed by atoms with Gasteiger partial charge in [-0.15, -0.1) is 12.4 Å². The van der Waals surface area contributed by atoms with Crippen LogP contribution in [0.5, 0.6) is 0 Å². The minimum Gasteiger partial charge on any atom is -0.354 e. The van der Waals surface area contributed by atoms with Gasteiger partial charge in [-0.1, -0.05) is 6.07 Å². The molecule has 12 heteroatoms. The van der Waals surface area contributed by atoms with Crippen molar-refractivity contribution < 1.29 is 9.72 Å². The monoisotopic (exact) mass is 498 g/mol. The van der Waals surface area contributed by atoms with E-state index >= 15 is 0 Å². The Bertz CT molecular complexity index is 1180. The smallest absolute Gasteiger partial charge is 0.323 e. The van der Waals surface area contributed by atoms with Crippen molar-refractivity contribution in [2.75, 3.05) is 54.1 Å². The molecule has 11 nitrogen and oxygen atoms in total. The molecule has 35 heavy (non-hydrogen) atoms. The summed E-state index contributed by atoms with van der Waals surface area (Å²) in [5, 5.41) is 19.5. The number of anilines is 5. The summed E-state index contributed by atoms with van der Waals surface area (Å²) in [6, 6.07) is 14.4. The van der Waals surface area contributed by atoms with E-state index in [0.717, 1.165) is 37.7 Å². The van der Waals surface area contributed by atoms with Crippen LogP contribution in [0.25, 0.3) is 0 Å². The number of non-ortho nitro benzene ring substituents is 1. The number of benzene rings is 2. The molecule has 2 aromatic carbocycles. The Kier molecular flexibility index (Phi) is 8.39. The number of nitrogens with zero attached hydrogens (tertiary/aromatic N) is 5. The SMILES string of the molecule is Cc1nc(Nc2cccc(NC(=O)Nc3ccc([N+](=O)[O-])cc3)c2)cc(N2CCN(C)CC2)n1.Cl. The van der Waals surface area contributed by atoms with Crippen molar-refractivity contribution in [3.8, 4) is 0 Å². The Balaban J connectivity index is 0.00000342. The molecule has 1 aliphatic heterocycles. The highest BCUT2D eigenvalue weighted by molar-refractivity contribution is 6.00. The summed E-state index contributed by atoms with van der Waals surface area (Å²) in [5.41, 5.74) is 1.75. The van der Waals surface area contributed by atoms with Gasteiger partial charge in [-0.25, -0.2) is 14.8 Å². The van der Waals surface area contributed by atoms with Gasteiger partial charge >= 0.3 is 6.03 Å². The Morgan fingerprint density at radius 2 is 1.60 bits per heavy atom. The highest BCUT2D eigenvalue weighted by atomic mass is 35.5. The summed E-state index contributed by atoms with van der Waals surface area (Å²) in [7, 11) is 2.11. The molecule has 184 valence electrons. The second-order valence-electron chi connectivity index (χ2n) is 8.04. The third-order valence-electron chi connectivity index (χ3n) is 5.38. The maximum absolute atomic E-state index is 12.4. The van der Waals surface area contributed by atoms with Gasteiger partial charge in [0.05, 0.1) is 4.92 Å². The van der Waals surface area contributed by atoms with Gasteiger partial charge in [0.25, 0.3) is 5.69 Å². The van der Waals surface area contributed by atoms with E-state index in [1.165, 1.54) is 24.3 Å². The van der Waals surface area contributed by atoms with Gasteiger partial charge in [0.1, 0.15) is 17.5 Å². The van der Waals surface area contributed by atoms with Crippen LogP contribution < -0.4 is 20.9 Å². The molecular formula is C23H27ClN8O3. The lowest BCUT2D eigenvalue weighted by Gasteiger charge is -2.33. The molecule has 2 amide bonds. The van der Waals surface area contributed by atoms with E-state index in [1.54, 1.807) is 12.1 Å². The van der Waals surface area contributed by atoms with Crippen molar-refractivity contribution in [1.29, 1.82) is 0 Å². The van der Waals surface area contributed by atoms with Gasteiger partial charge < -0.3 is 25.8 Å². The second-order valence-corrected chi connectivity index (χ2v) is 8.04. The Morgan fingerprint density at radius 1 is 0.943 bits per heavy atom. The largest absolute Gasteiger partial charge is 0.354 e. The molecule has 3 aromatic rings. The average Bonchev–Trinajstić information content (AvgIpc) is 2.79. The fourth-order valence-corrected chi connectivity index (χ4v) is 3.60. The topological polar surface area (TPSA) is 129 Å². The summed E-state index contributed by atoms with van der Waals surface area (Å²) in [4.78, 5) is 36.2. The van der Waals surface area contributed by atoms with Crippen LogP contribution in [0, 0.1) is 17.0 Å². The van der Waals surface area contributed by atoms with Gasteiger partial charge in [0, 0.05) is 61.4 Å². The zero-order chi connectivity index (χ0) is 24.1. The Labute approximate surface area is 209 Å². The Hall–Kier alpha value is -3.96. The lowest BCUT2D eigenvalue weighted by atomic mass is 10.2. The summed E-state index contributed by atoms with van der Waals surface area (Å²) >= 11 is 0. The number of amides is 2. The van der Waals surface area contributed by atoms with Gasteiger partial charge in [-0.05, 0) is 44.3 Å². The number of nitro groups is 1. The first kappa shape index (κ1) is 25.7. The zero-order valence-corrected chi connectivity index (χ0v) is 20.2. The standard InChI is InChI=1S/C23H26N8O3.ClH/c1-16-24-21(15-22(25-16)30-12-10-29(2)11-13-30)26-18-4-3-5-19(14-18)28-23(32)27-17-6-8-20(9-7-17)31(33)34;/h3-9,14-15H,10-13H2,1-2H3,(H,24,25,26)(H2,27,28,32);1H. The van der Waals surface area contributed by atoms with E-state index in [9.17, 15) is 14.9 Å². The number of aromatic nitrogens is 2. The molecule has 0 radical (unpaired) electrons. The lowest BCUT2D eigenvalue weighted by molar-refractivity contribution is -0.384. The average molecular weight is 499 g/mol. The first-order valence-corrected chi connectivity index (χ1v) is 10.8.